The Labute approximate surface area is 136 Å². The Kier molecular flexibility index (Phi) is 6.08. The van der Waals surface area contributed by atoms with Gasteiger partial charge in [0, 0.05) is 38.0 Å². The molecule has 2 rings (SSSR count). The molecule has 0 radical (unpaired) electrons. The Morgan fingerprint density at radius 1 is 1.23 bits per heavy atom. The summed E-state index contributed by atoms with van der Waals surface area (Å²) in [5.74, 6) is 1.00. The highest BCUT2D eigenvalue weighted by molar-refractivity contribution is 5.76. The fourth-order valence-corrected chi connectivity index (χ4v) is 3.93. The van der Waals surface area contributed by atoms with Gasteiger partial charge in [0.05, 0.1) is 0 Å². The summed E-state index contributed by atoms with van der Waals surface area (Å²) in [7, 11) is 0. The van der Waals surface area contributed by atoms with Crippen molar-refractivity contribution in [2.75, 3.05) is 32.7 Å². The fourth-order valence-electron chi connectivity index (χ4n) is 3.93. The molecule has 2 heterocycles. The molecule has 0 bridgehead atoms. The zero-order chi connectivity index (χ0) is 16.2. The van der Waals surface area contributed by atoms with Crippen LogP contribution in [0.2, 0.25) is 0 Å². The van der Waals surface area contributed by atoms with Crippen LogP contribution in [0.5, 0.6) is 0 Å². The molecule has 2 fully saturated rings. The van der Waals surface area contributed by atoms with Gasteiger partial charge in [-0.15, -0.1) is 0 Å². The third-order valence-corrected chi connectivity index (χ3v) is 5.43. The lowest BCUT2D eigenvalue weighted by atomic mass is 9.79. The van der Waals surface area contributed by atoms with Gasteiger partial charge in [-0.05, 0) is 52.0 Å². The predicted molar refractivity (Wildman–Crippen MR) is 92.8 cm³/mol. The Hall–Kier alpha value is -0.830. The molecule has 0 aromatic heterocycles. The third kappa shape index (κ3) is 4.58. The number of nitrogens with zero attached hydrogens (tertiary/aromatic N) is 2. The maximum Gasteiger partial charge on any atom is 0.222 e. The Bertz CT molecular complexity index is 416. The van der Waals surface area contributed by atoms with E-state index in [-0.39, 0.29) is 0 Å². The second-order valence-corrected chi connectivity index (χ2v) is 7.95. The van der Waals surface area contributed by atoms with Crippen molar-refractivity contribution in [3.8, 4) is 0 Å². The van der Waals surface area contributed by atoms with E-state index in [1.54, 1.807) is 0 Å². The monoisotopic (exact) mass is 306 g/mol. The largest absolute Gasteiger partial charge is 0.342 e. The summed E-state index contributed by atoms with van der Waals surface area (Å²) in [6.07, 6.45) is 7.71. The van der Waals surface area contributed by atoms with Crippen LogP contribution < -0.4 is 0 Å². The van der Waals surface area contributed by atoms with Crippen LogP contribution in [-0.4, -0.2) is 48.4 Å². The molecule has 3 nitrogen and oxygen atoms in total. The molecule has 3 heteroatoms. The number of rotatable bonds is 5. The zero-order valence-electron chi connectivity index (χ0n) is 15.0. The van der Waals surface area contributed by atoms with Crippen molar-refractivity contribution in [2.45, 2.75) is 59.8 Å². The van der Waals surface area contributed by atoms with Crippen molar-refractivity contribution >= 4 is 5.91 Å². The summed E-state index contributed by atoms with van der Waals surface area (Å²) >= 11 is 0. The van der Waals surface area contributed by atoms with Gasteiger partial charge in [-0.3, -0.25) is 9.69 Å². The fraction of sp³-hybridized carbons (Fsp3) is 0.842. The van der Waals surface area contributed by atoms with Gasteiger partial charge in [-0.2, -0.15) is 0 Å². The number of hydrogen-bond donors (Lipinski definition) is 0. The molecule has 0 saturated carbocycles. The molecule has 0 aromatic carbocycles. The first kappa shape index (κ1) is 17.5. The van der Waals surface area contributed by atoms with Crippen molar-refractivity contribution < 1.29 is 4.79 Å². The molecular formula is C19H34N2O. The smallest absolute Gasteiger partial charge is 0.222 e. The summed E-state index contributed by atoms with van der Waals surface area (Å²) < 4.78 is 0. The molecule has 1 spiro atoms. The second kappa shape index (κ2) is 7.63. The maximum atomic E-state index is 12.5. The van der Waals surface area contributed by atoms with Crippen molar-refractivity contribution in [1.82, 2.24) is 9.80 Å². The van der Waals surface area contributed by atoms with E-state index in [9.17, 15) is 4.79 Å². The molecule has 2 aliphatic rings. The van der Waals surface area contributed by atoms with Gasteiger partial charge in [0.15, 0.2) is 0 Å². The van der Waals surface area contributed by atoms with E-state index in [1.807, 2.05) is 0 Å². The third-order valence-electron chi connectivity index (χ3n) is 5.43. The molecule has 0 aliphatic carbocycles. The summed E-state index contributed by atoms with van der Waals surface area (Å²) in [5.41, 5.74) is 1.83. The van der Waals surface area contributed by atoms with Gasteiger partial charge in [0.25, 0.3) is 0 Å². The number of amides is 1. The average Bonchev–Trinajstić information content (AvgIpc) is 2.86. The van der Waals surface area contributed by atoms with E-state index >= 15 is 0 Å². The van der Waals surface area contributed by atoms with E-state index in [1.165, 1.54) is 37.9 Å². The van der Waals surface area contributed by atoms with E-state index in [0.717, 1.165) is 32.5 Å². The van der Waals surface area contributed by atoms with Crippen molar-refractivity contribution in [2.24, 2.45) is 11.3 Å². The highest BCUT2D eigenvalue weighted by atomic mass is 16.2. The van der Waals surface area contributed by atoms with Crippen LogP contribution in [0.25, 0.3) is 0 Å². The van der Waals surface area contributed by atoms with Crippen LogP contribution in [-0.2, 0) is 4.79 Å². The lowest BCUT2D eigenvalue weighted by molar-refractivity contribution is -0.134. The van der Waals surface area contributed by atoms with Crippen LogP contribution in [0.1, 0.15) is 59.8 Å². The van der Waals surface area contributed by atoms with Gasteiger partial charge < -0.3 is 4.90 Å². The first-order valence-corrected chi connectivity index (χ1v) is 9.06. The molecule has 126 valence electrons. The minimum absolute atomic E-state index is 0.375. The van der Waals surface area contributed by atoms with Crippen molar-refractivity contribution in [3.63, 3.8) is 0 Å². The Morgan fingerprint density at radius 3 is 2.68 bits per heavy atom. The summed E-state index contributed by atoms with van der Waals surface area (Å²) in [6, 6.07) is 0. The highest BCUT2D eigenvalue weighted by Gasteiger charge is 2.42. The minimum atomic E-state index is 0.375. The number of allylic oxidation sites excluding steroid dienone is 1. The SMILES string of the molecule is CC=C(C)CN1CCC2(CCCN(C(=O)CCC(C)C)C2)C1. The van der Waals surface area contributed by atoms with Crippen LogP contribution in [0.4, 0.5) is 0 Å². The van der Waals surface area contributed by atoms with Gasteiger partial charge in [0.2, 0.25) is 5.91 Å². The maximum absolute atomic E-state index is 12.5. The van der Waals surface area contributed by atoms with E-state index in [2.05, 4.69) is 43.6 Å². The molecule has 2 saturated heterocycles. The van der Waals surface area contributed by atoms with Gasteiger partial charge in [0.1, 0.15) is 0 Å². The van der Waals surface area contributed by atoms with E-state index in [4.69, 9.17) is 0 Å². The number of carbonyl (C=O) groups is 1. The molecule has 1 amide bonds. The Morgan fingerprint density at radius 2 is 2.00 bits per heavy atom. The van der Waals surface area contributed by atoms with Crippen LogP contribution in [0, 0.1) is 11.3 Å². The predicted octanol–water partition coefficient (Wildman–Crippen LogP) is 3.70. The van der Waals surface area contributed by atoms with Crippen LogP contribution >= 0.6 is 0 Å². The highest BCUT2D eigenvalue weighted by Crippen LogP contribution is 2.39. The standard InChI is InChI=1S/C19H34N2O/c1-5-17(4)13-20-12-10-19(14-20)9-6-11-21(15-19)18(22)8-7-16(2)3/h5,16H,6-15H2,1-4H3. The van der Waals surface area contributed by atoms with Crippen LogP contribution in [0.15, 0.2) is 11.6 Å². The number of carbonyl (C=O) groups excluding carboxylic acids is 1. The minimum Gasteiger partial charge on any atom is -0.342 e. The van der Waals surface area contributed by atoms with Crippen molar-refractivity contribution in [3.05, 3.63) is 11.6 Å². The first-order valence-electron chi connectivity index (χ1n) is 9.06. The normalized spacial score (nSPS) is 27.1. The number of piperidine rings is 1. The quantitative estimate of drug-likeness (QED) is 0.723. The number of likely N-dealkylation sites (tertiary alicyclic amines) is 2. The summed E-state index contributed by atoms with van der Waals surface area (Å²) in [5, 5.41) is 0. The molecule has 22 heavy (non-hydrogen) atoms. The molecule has 0 aromatic rings. The molecule has 2 aliphatic heterocycles. The van der Waals surface area contributed by atoms with Gasteiger partial charge >= 0.3 is 0 Å². The molecule has 1 atom stereocenters. The first-order chi connectivity index (χ1) is 10.4. The molecule has 1 unspecified atom stereocenters. The average molecular weight is 306 g/mol. The summed E-state index contributed by atoms with van der Waals surface area (Å²) in [4.78, 5) is 17.2. The lowest BCUT2D eigenvalue weighted by Crippen LogP contribution is -2.47. The lowest BCUT2D eigenvalue weighted by Gasteiger charge is -2.40. The van der Waals surface area contributed by atoms with Gasteiger partial charge in [-0.25, -0.2) is 0 Å². The second-order valence-electron chi connectivity index (χ2n) is 7.95. The van der Waals surface area contributed by atoms with Gasteiger partial charge in [-0.1, -0.05) is 25.5 Å². The van der Waals surface area contributed by atoms with E-state index in [0.29, 0.717) is 17.2 Å². The zero-order valence-corrected chi connectivity index (χ0v) is 15.0. The van der Waals surface area contributed by atoms with Crippen LogP contribution in [0.3, 0.4) is 0 Å². The number of hydrogen-bond acceptors (Lipinski definition) is 2. The van der Waals surface area contributed by atoms with E-state index < -0.39 is 0 Å². The van der Waals surface area contributed by atoms with Crippen molar-refractivity contribution in [1.29, 1.82) is 0 Å². The molecule has 0 N–H and O–H groups in total. The topological polar surface area (TPSA) is 23.6 Å². The summed E-state index contributed by atoms with van der Waals surface area (Å²) in [6.45, 7) is 14.2. The molecular weight excluding hydrogens is 272 g/mol. The Balaban J connectivity index is 1.89.